The third-order valence-corrected chi connectivity index (χ3v) is 10.8. The molecule has 0 aromatic carbocycles. The fraction of sp³-hybridized carbons (Fsp3) is 0.771. The minimum absolute atomic E-state index is 0.0904. The van der Waals surface area contributed by atoms with E-state index in [4.69, 9.17) is 20.9 Å². The van der Waals surface area contributed by atoms with Crippen molar-refractivity contribution < 1.29 is 23.9 Å². The maximum atomic E-state index is 13.2. The number of unbranched alkanes of at least 4 members (excludes halogenated alkanes) is 17. The van der Waals surface area contributed by atoms with Gasteiger partial charge in [0.2, 0.25) is 5.91 Å². The summed E-state index contributed by atoms with van der Waals surface area (Å²) in [5.74, 6) is -0.672. The van der Waals surface area contributed by atoms with E-state index in [2.05, 4.69) is 62.5 Å². The number of carbonyl (C=O) groups excluding carboxylic acids is 3. The largest absolute Gasteiger partial charge is 0.465 e. The molecule has 1 aliphatic rings. The Bertz CT molecular complexity index is 1020. The first-order valence-corrected chi connectivity index (χ1v) is 23.1. The van der Waals surface area contributed by atoms with Crippen molar-refractivity contribution in [1.29, 1.82) is 0 Å². The normalized spacial score (nSPS) is 16.6. The Kier molecular flexibility index (Phi) is 34.7. The van der Waals surface area contributed by atoms with Crippen molar-refractivity contribution in [2.24, 2.45) is 23.3 Å². The Morgan fingerprint density at radius 2 is 0.946 bits per heavy atom. The average molecular weight is 784 g/mol. The maximum absolute atomic E-state index is 13.2. The summed E-state index contributed by atoms with van der Waals surface area (Å²) in [4.78, 5) is 40.3. The molecule has 8 heteroatoms. The molecule has 0 radical (unpaired) electrons. The Labute approximate surface area is 343 Å². The maximum Gasteiger partial charge on any atom is 0.305 e. The van der Waals surface area contributed by atoms with Gasteiger partial charge in [0.05, 0.1) is 19.3 Å². The lowest BCUT2D eigenvalue weighted by Gasteiger charge is -2.21. The summed E-state index contributed by atoms with van der Waals surface area (Å²) in [5.41, 5.74) is 11.9. The van der Waals surface area contributed by atoms with Crippen LogP contribution in [0.2, 0.25) is 0 Å². The highest BCUT2D eigenvalue weighted by Crippen LogP contribution is 2.26. The third-order valence-electron chi connectivity index (χ3n) is 10.8. The molecule has 0 saturated carbocycles. The summed E-state index contributed by atoms with van der Waals surface area (Å²) in [5, 5.41) is 0. The Morgan fingerprint density at radius 3 is 1.36 bits per heavy atom. The molecule has 0 aliphatic carbocycles. The fourth-order valence-electron chi connectivity index (χ4n) is 7.07. The van der Waals surface area contributed by atoms with Crippen LogP contribution in [0.15, 0.2) is 48.6 Å². The predicted octanol–water partition coefficient (Wildman–Crippen LogP) is 11.2. The monoisotopic (exact) mass is 784 g/mol. The minimum Gasteiger partial charge on any atom is -0.465 e. The average Bonchev–Trinajstić information content (AvgIpc) is 3.61. The van der Waals surface area contributed by atoms with Crippen molar-refractivity contribution in [2.75, 3.05) is 32.8 Å². The molecule has 4 N–H and O–H groups in total. The number of rotatable bonds is 37. The number of nitrogens with zero attached hydrogens (tertiary/aromatic N) is 1. The van der Waals surface area contributed by atoms with Crippen LogP contribution in [0.5, 0.6) is 0 Å². The van der Waals surface area contributed by atoms with Crippen LogP contribution in [0.3, 0.4) is 0 Å². The van der Waals surface area contributed by atoms with Crippen LogP contribution in [-0.2, 0) is 23.9 Å². The summed E-state index contributed by atoms with van der Waals surface area (Å²) in [6.07, 6.45) is 46.3. The van der Waals surface area contributed by atoms with E-state index in [0.29, 0.717) is 38.9 Å². The first-order valence-electron chi connectivity index (χ1n) is 23.1. The number of hydrogen-bond donors (Lipinski definition) is 2. The van der Waals surface area contributed by atoms with Crippen LogP contribution in [0.4, 0.5) is 0 Å². The molecule has 1 amide bonds. The van der Waals surface area contributed by atoms with Crippen molar-refractivity contribution in [2.45, 2.75) is 193 Å². The zero-order valence-corrected chi connectivity index (χ0v) is 36.1. The summed E-state index contributed by atoms with van der Waals surface area (Å²) >= 11 is 0. The molecule has 56 heavy (non-hydrogen) atoms. The Morgan fingerprint density at radius 1 is 0.554 bits per heavy atom. The molecule has 3 atom stereocenters. The topological polar surface area (TPSA) is 125 Å². The van der Waals surface area contributed by atoms with Crippen LogP contribution in [0.1, 0.15) is 187 Å². The summed E-state index contributed by atoms with van der Waals surface area (Å²) in [6, 6.07) is -0.581. The number of carbonyl (C=O) groups is 3. The zero-order valence-electron chi connectivity index (χ0n) is 36.1. The quantitative estimate of drug-likeness (QED) is 0.0365. The SMILES string of the molecule is CCCCCC=CCC=CCCCCCCCC(=O)OCC1CN(C(=O)[C@@H](N)CCCCN)C[C@H]1COC(=O)CCCCCCCC=CCC=CCCCCC. The van der Waals surface area contributed by atoms with Crippen molar-refractivity contribution in [1.82, 2.24) is 4.90 Å². The summed E-state index contributed by atoms with van der Waals surface area (Å²) < 4.78 is 11.5. The van der Waals surface area contributed by atoms with E-state index in [1.54, 1.807) is 4.90 Å². The molecule has 1 aliphatic heterocycles. The molecule has 1 saturated heterocycles. The molecular weight excluding hydrogens is 699 g/mol. The van der Waals surface area contributed by atoms with E-state index < -0.39 is 6.04 Å². The number of amides is 1. The zero-order chi connectivity index (χ0) is 40.7. The van der Waals surface area contributed by atoms with E-state index in [0.717, 1.165) is 77.0 Å². The van der Waals surface area contributed by atoms with Crippen LogP contribution in [0, 0.1) is 11.8 Å². The Balaban J connectivity index is 2.34. The lowest BCUT2D eigenvalue weighted by Crippen LogP contribution is -2.43. The van der Waals surface area contributed by atoms with Gasteiger partial charge in [-0.1, -0.05) is 133 Å². The van der Waals surface area contributed by atoms with Gasteiger partial charge < -0.3 is 25.8 Å². The number of ether oxygens (including phenoxy) is 2. The Hall–Kier alpha value is -2.71. The lowest BCUT2D eigenvalue weighted by atomic mass is 9.98. The molecule has 0 spiro atoms. The minimum atomic E-state index is -0.581. The lowest BCUT2D eigenvalue weighted by molar-refractivity contribution is -0.149. The molecule has 0 bridgehead atoms. The second-order valence-electron chi connectivity index (χ2n) is 16.0. The first kappa shape index (κ1) is 51.3. The van der Waals surface area contributed by atoms with E-state index in [-0.39, 0.29) is 42.9 Å². The second-order valence-corrected chi connectivity index (χ2v) is 16.0. The molecule has 1 unspecified atom stereocenters. The van der Waals surface area contributed by atoms with Gasteiger partial charge in [0.1, 0.15) is 0 Å². The van der Waals surface area contributed by atoms with E-state index in [1.165, 1.54) is 77.0 Å². The standard InChI is InChI=1S/C48H85N3O5/c1-3-5-7-9-11-13-15-17-19-21-23-25-27-29-31-36-46(52)55-41-43-39-51(48(54)45(50)35-33-34-38-49)40-44(43)42-56-47(53)37-32-30-28-26-24-22-20-18-16-14-12-10-8-6-4-2/h11-14,17-20,43-45H,3-10,15-16,21-42,49-50H2,1-2H3/t43-,44?,45-/m0/s1. The van der Waals surface area contributed by atoms with E-state index in [9.17, 15) is 14.4 Å². The van der Waals surface area contributed by atoms with Gasteiger partial charge >= 0.3 is 11.9 Å². The van der Waals surface area contributed by atoms with Gasteiger partial charge in [-0.3, -0.25) is 14.4 Å². The van der Waals surface area contributed by atoms with Gasteiger partial charge in [-0.25, -0.2) is 0 Å². The number of likely N-dealkylation sites (tertiary alicyclic amines) is 1. The number of esters is 2. The highest BCUT2D eigenvalue weighted by Gasteiger charge is 2.38. The molecular formula is C48H85N3O5. The summed E-state index contributed by atoms with van der Waals surface area (Å²) in [6.45, 7) is 6.40. The molecule has 8 nitrogen and oxygen atoms in total. The molecule has 322 valence electrons. The number of nitrogens with two attached hydrogens (primary N) is 2. The number of hydrogen-bond acceptors (Lipinski definition) is 7. The van der Waals surface area contributed by atoms with Crippen molar-refractivity contribution in [3.63, 3.8) is 0 Å². The van der Waals surface area contributed by atoms with Gasteiger partial charge in [0, 0.05) is 37.8 Å². The first-order chi connectivity index (χ1) is 27.4. The van der Waals surface area contributed by atoms with Crippen LogP contribution < -0.4 is 11.5 Å². The highest BCUT2D eigenvalue weighted by molar-refractivity contribution is 5.82. The molecule has 1 fully saturated rings. The van der Waals surface area contributed by atoms with Crippen molar-refractivity contribution >= 4 is 17.8 Å². The smallest absolute Gasteiger partial charge is 0.305 e. The fourth-order valence-corrected chi connectivity index (χ4v) is 7.07. The van der Waals surface area contributed by atoms with Crippen LogP contribution in [-0.4, -0.2) is 61.6 Å². The second kappa shape index (κ2) is 37.8. The van der Waals surface area contributed by atoms with E-state index >= 15 is 0 Å². The van der Waals surface area contributed by atoms with Gasteiger partial charge in [0.25, 0.3) is 0 Å². The van der Waals surface area contributed by atoms with Gasteiger partial charge in [-0.05, 0) is 96.4 Å². The predicted molar refractivity (Wildman–Crippen MR) is 235 cm³/mol. The van der Waals surface area contributed by atoms with Gasteiger partial charge in [-0.15, -0.1) is 0 Å². The molecule has 0 aromatic rings. The van der Waals surface area contributed by atoms with Crippen LogP contribution in [0.25, 0.3) is 0 Å². The molecule has 0 aromatic heterocycles. The van der Waals surface area contributed by atoms with Crippen molar-refractivity contribution in [3.8, 4) is 0 Å². The highest BCUT2D eigenvalue weighted by atomic mass is 16.5. The van der Waals surface area contributed by atoms with Gasteiger partial charge in [0.15, 0.2) is 0 Å². The molecule has 1 heterocycles. The van der Waals surface area contributed by atoms with Gasteiger partial charge in [-0.2, -0.15) is 0 Å². The van der Waals surface area contributed by atoms with E-state index in [1.807, 2.05) is 0 Å². The van der Waals surface area contributed by atoms with Crippen molar-refractivity contribution in [3.05, 3.63) is 48.6 Å². The number of allylic oxidation sites excluding steroid dienone is 8. The van der Waals surface area contributed by atoms with Crippen LogP contribution >= 0.6 is 0 Å². The summed E-state index contributed by atoms with van der Waals surface area (Å²) in [7, 11) is 0. The molecule has 1 rings (SSSR count). The third kappa shape index (κ3) is 29.5.